The molecule has 5 heteroatoms. The van der Waals surface area contributed by atoms with Crippen LogP contribution in [0.3, 0.4) is 0 Å². The van der Waals surface area contributed by atoms with Crippen LogP contribution in [-0.2, 0) is 16.1 Å². The van der Waals surface area contributed by atoms with E-state index in [-0.39, 0.29) is 17.4 Å². The molecule has 0 amide bonds. The van der Waals surface area contributed by atoms with E-state index in [1.165, 1.54) is 36.1 Å². The molecule has 2 heterocycles. The maximum Gasteiger partial charge on any atom is 0.113 e. The second kappa shape index (κ2) is 12.2. The van der Waals surface area contributed by atoms with Gasteiger partial charge in [-0.2, -0.15) is 0 Å². The van der Waals surface area contributed by atoms with Crippen molar-refractivity contribution in [1.29, 1.82) is 0 Å². The predicted octanol–water partition coefficient (Wildman–Crippen LogP) is 7.03. The molecule has 1 saturated heterocycles. The number of rotatable bonds is 6. The Morgan fingerprint density at radius 2 is 1.95 bits per heavy atom. The molecule has 7 unspecified atom stereocenters. The third-order valence-electron chi connectivity index (χ3n) is 9.73. The van der Waals surface area contributed by atoms with E-state index in [9.17, 15) is 5.11 Å². The summed E-state index contributed by atoms with van der Waals surface area (Å²) in [5.41, 5.74) is 3.67. The van der Waals surface area contributed by atoms with Gasteiger partial charge >= 0.3 is 0 Å². The molecule has 2 aliphatic heterocycles. The van der Waals surface area contributed by atoms with Crippen LogP contribution in [0.25, 0.3) is 0 Å². The topological polar surface area (TPSA) is 50.7 Å². The Labute approximate surface area is 233 Å². The molecule has 6 rings (SSSR count). The molecule has 5 aliphatic rings. The average Bonchev–Trinajstić information content (AvgIpc) is 3.24. The number of aliphatic hydroxyl groups excluding tert-OH is 1. The second-order valence-corrected chi connectivity index (χ2v) is 12.8. The first-order valence-corrected chi connectivity index (χ1v) is 15.6. The van der Waals surface area contributed by atoms with Crippen LogP contribution in [0.1, 0.15) is 76.2 Å². The molecular formula is C33H44ClNO3. The molecule has 1 fully saturated rings. The highest BCUT2D eigenvalue weighted by Gasteiger charge is 2.46. The van der Waals surface area contributed by atoms with Crippen LogP contribution < -0.4 is 5.32 Å². The molecule has 8 atom stereocenters. The van der Waals surface area contributed by atoms with E-state index in [0.29, 0.717) is 30.4 Å². The average molecular weight is 538 g/mol. The van der Waals surface area contributed by atoms with Crippen LogP contribution in [0.5, 0.6) is 0 Å². The highest BCUT2D eigenvalue weighted by atomic mass is 35.5. The van der Waals surface area contributed by atoms with Crippen molar-refractivity contribution in [2.75, 3.05) is 6.61 Å². The van der Waals surface area contributed by atoms with E-state index in [1.807, 2.05) is 6.07 Å². The highest BCUT2D eigenvalue weighted by Crippen LogP contribution is 2.45. The van der Waals surface area contributed by atoms with Gasteiger partial charge in [-0.15, -0.1) is 11.6 Å². The van der Waals surface area contributed by atoms with Crippen molar-refractivity contribution in [2.45, 2.75) is 101 Å². The van der Waals surface area contributed by atoms with Gasteiger partial charge in [-0.25, -0.2) is 0 Å². The molecule has 2 bridgehead atoms. The van der Waals surface area contributed by atoms with Crippen molar-refractivity contribution < 1.29 is 14.6 Å². The molecule has 2 N–H and O–H groups in total. The Bertz CT molecular complexity index is 1040. The van der Waals surface area contributed by atoms with Gasteiger partial charge in [0.2, 0.25) is 0 Å². The second-order valence-electron chi connectivity index (χ2n) is 12.2. The first kappa shape index (κ1) is 26.5. The summed E-state index contributed by atoms with van der Waals surface area (Å²) < 4.78 is 12.7. The van der Waals surface area contributed by atoms with E-state index < -0.39 is 6.10 Å². The predicted molar refractivity (Wildman–Crippen MR) is 153 cm³/mol. The monoisotopic (exact) mass is 537 g/mol. The third-order valence-corrected chi connectivity index (χ3v) is 10.1. The van der Waals surface area contributed by atoms with Gasteiger partial charge in [0.15, 0.2) is 0 Å². The summed E-state index contributed by atoms with van der Waals surface area (Å²) >= 11 is 6.96. The zero-order valence-electron chi connectivity index (χ0n) is 22.6. The lowest BCUT2D eigenvalue weighted by atomic mass is 9.73. The van der Waals surface area contributed by atoms with Crippen LogP contribution >= 0.6 is 11.6 Å². The van der Waals surface area contributed by atoms with E-state index in [1.54, 1.807) is 0 Å². The molecule has 206 valence electrons. The van der Waals surface area contributed by atoms with Crippen molar-refractivity contribution >= 4 is 11.6 Å². The Hall–Kier alpha value is -1.75. The van der Waals surface area contributed by atoms with Crippen molar-refractivity contribution in [3.05, 3.63) is 71.2 Å². The number of ether oxygens (including phenoxy) is 2. The molecule has 4 nitrogen and oxygen atoms in total. The number of halogens is 1. The molecule has 0 saturated carbocycles. The Morgan fingerprint density at radius 3 is 2.74 bits per heavy atom. The number of alkyl halides is 1. The lowest BCUT2D eigenvalue weighted by Crippen LogP contribution is -2.50. The van der Waals surface area contributed by atoms with E-state index in [4.69, 9.17) is 21.1 Å². The summed E-state index contributed by atoms with van der Waals surface area (Å²) in [7, 11) is 0. The minimum absolute atomic E-state index is 0.0402. The van der Waals surface area contributed by atoms with Crippen LogP contribution in [0.4, 0.5) is 0 Å². The van der Waals surface area contributed by atoms with Gasteiger partial charge in [0.1, 0.15) is 6.61 Å². The van der Waals surface area contributed by atoms with E-state index >= 15 is 0 Å². The fourth-order valence-corrected chi connectivity index (χ4v) is 8.14. The van der Waals surface area contributed by atoms with Gasteiger partial charge in [-0.3, -0.25) is 0 Å². The minimum atomic E-state index is -0.444. The number of hydrogen-bond acceptors (Lipinski definition) is 4. The zero-order chi connectivity index (χ0) is 25.9. The lowest BCUT2D eigenvalue weighted by molar-refractivity contribution is -0.0666. The summed E-state index contributed by atoms with van der Waals surface area (Å²) in [6.45, 7) is 1.49. The molecule has 3 aliphatic carbocycles. The minimum Gasteiger partial charge on any atom is -0.494 e. The van der Waals surface area contributed by atoms with Gasteiger partial charge in [0, 0.05) is 47.9 Å². The first-order chi connectivity index (χ1) is 18.7. The fourth-order valence-electron chi connectivity index (χ4n) is 7.75. The standard InChI is InChI=1S/C33H44ClNO3/c34-26-18-25-19-30(29(20-26)32(36)24-10-5-2-6-11-24)35-31(28-12-7-17-37-33(25)28)23-13-15-27(16-14-23)38-21-22-8-3-1-4-9-22/h1,3-4,8-10,15,19,23,25-26,28-29,31-33,35-36H,2,5-7,11-14,16-18,20-21H2/t23?,25?,26?,28?,29?,31?,32-,33?/m1/s1. The molecule has 1 aromatic carbocycles. The van der Waals surface area contributed by atoms with Crippen LogP contribution in [0.15, 0.2) is 65.6 Å². The fraction of sp³-hybridized carbons (Fsp3) is 0.636. The van der Waals surface area contributed by atoms with Crippen LogP contribution in [0, 0.1) is 23.7 Å². The summed E-state index contributed by atoms with van der Waals surface area (Å²) in [6, 6.07) is 10.8. The molecular weight excluding hydrogens is 494 g/mol. The molecule has 38 heavy (non-hydrogen) atoms. The van der Waals surface area contributed by atoms with Crippen molar-refractivity contribution in [3.63, 3.8) is 0 Å². The number of nitrogens with one attached hydrogen (secondary N) is 1. The largest absolute Gasteiger partial charge is 0.494 e. The molecule has 0 spiro atoms. The SMILES string of the molecule is O[C@H](C1=CCCCC1)C1CC(Cl)CC2C=C1NC(C1CC=C(OCc3ccccc3)CC1)C1CCCOC21. The maximum atomic E-state index is 11.6. The smallest absolute Gasteiger partial charge is 0.113 e. The van der Waals surface area contributed by atoms with Gasteiger partial charge < -0.3 is 19.9 Å². The van der Waals surface area contributed by atoms with E-state index in [2.05, 4.69) is 47.8 Å². The number of benzene rings is 1. The summed E-state index contributed by atoms with van der Waals surface area (Å²) in [6.07, 6.45) is 18.5. The van der Waals surface area contributed by atoms with Gasteiger partial charge in [0.25, 0.3) is 0 Å². The first-order valence-electron chi connectivity index (χ1n) is 15.1. The normalized spacial score (nSPS) is 36.3. The summed E-state index contributed by atoms with van der Waals surface area (Å²) in [5, 5.41) is 15.8. The number of allylic oxidation sites excluding steroid dienone is 3. The van der Waals surface area contributed by atoms with Crippen molar-refractivity contribution in [3.8, 4) is 0 Å². The Balaban J connectivity index is 1.21. The lowest BCUT2D eigenvalue weighted by Gasteiger charge is -2.44. The molecule has 0 aromatic heterocycles. The van der Waals surface area contributed by atoms with E-state index in [0.717, 1.165) is 63.7 Å². The number of aliphatic hydroxyl groups is 1. The number of hydrogen-bond donors (Lipinski definition) is 2. The Morgan fingerprint density at radius 1 is 1.05 bits per heavy atom. The van der Waals surface area contributed by atoms with Crippen LogP contribution in [-0.4, -0.2) is 35.3 Å². The Kier molecular flexibility index (Phi) is 8.49. The summed E-state index contributed by atoms with van der Waals surface area (Å²) in [5.74, 6) is 2.50. The molecule has 1 aromatic rings. The maximum absolute atomic E-state index is 11.6. The van der Waals surface area contributed by atoms with Crippen molar-refractivity contribution in [1.82, 2.24) is 5.32 Å². The van der Waals surface area contributed by atoms with Crippen LogP contribution in [0.2, 0.25) is 0 Å². The summed E-state index contributed by atoms with van der Waals surface area (Å²) in [4.78, 5) is 0. The van der Waals surface area contributed by atoms with Gasteiger partial charge in [-0.1, -0.05) is 42.5 Å². The quantitative estimate of drug-likeness (QED) is 0.302. The van der Waals surface area contributed by atoms with Gasteiger partial charge in [-0.05, 0) is 87.3 Å². The van der Waals surface area contributed by atoms with Gasteiger partial charge in [0.05, 0.1) is 18.0 Å². The molecule has 0 radical (unpaired) electrons. The highest BCUT2D eigenvalue weighted by molar-refractivity contribution is 6.20. The zero-order valence-corrected chi connectivity index (χ0v) is 23.3. The number of fused-ring (bicyclic) bond motifs is 3. The van der Waals surface area contributed by atoms with Crippen molar-refractivity contribution in [2.24, 2.45) is 23.7 Å². The third kappa shape index (κ3) is 5.88.